The summed E-state index contributed by atoms with van der Waals surface area (Å²) >= 11 is 0. The molecule has 69 heavy (non-hydrogen) atoms. The van der Waals surface area contributed by atoms with Gasteiger partial charge in [-0.05, 0) is 125 Å². The number of aliphatic imine (C=N–C) groups is 1. The highest BCUT2D eigenvalue weighted by atomic mass is 16.6. The molecular weight excluding hydrogens is 871 g/mol. The first kappa shape index (κ1) is 48.2. The number of rotatable bonds is 21. The Morgan fingerprint density at radius 1 is 0.942 bits per heavy atom. The second-order valence-electron chi connectivity index (χ2n) is 19.4. The van der Waals surface area contributed by atoms with Gasteiger partial charge in [-0.25, -0.2) is 5.48 Å². The second kappa shape index (κ2) is 22.3. The maximum atomic E-state index is 14.0. The van der Waals surface area contributed by atoms with Gasteiger partial charge in [0, 0.05) is 56.8 Å². The van der Waals surface area contributed by atoms with Gasteiger partial charge in [0.25, 0.3) is 5.91 Å². The van der Waals surface area contributed by atoms with Crippen LogP contribution >= 0.6 is 0 Å². The number of benzene rings is 3. The number of carbonyl (C=O) groups is 3. The second-order valence-corrected chi connectivity index (χ2v) is 19.4. The molecule has 9 rings (SSSR count). The molecule has 14 nitrogen and oxygen atoms in total. The number of para-hydroxylation sites is 2. The zero-order valence-corrected chi connectivity index (χ0v) is 40.5. The molecule has 3 aromatic carbocycles. The van der Waals surface area contributed by atoms with Crippen molar-refractivity contribution in [3.63, 3.8) is 0 Å². The molecule has 366 valence electrons. The summed E-state index contributed by atoms with van der Waals surface area (Å²) in [6.45, 7) is 9.79. The van der Waals surface area contributed by atoms with Crippen molar-refractivity contribution in [1.82, 2.24) is 20.2 Å². The predicted molar refractivity (Wildman–Crippen MR) is 268 cm³/mol. The molecule has 6 unspecified atom stereocenters. The van der Waals surface area contributed by atoms with Crippen LogP contribution in [0.2, 0.25) is 0 Å². The van der Waals surface area contributed by atoms with E-state index >= 15 is 0 Å². The molecule has 3 aliphatic carbocycles. The van der Waals surface area contributed by atoms with Gasteiger partial charge in [0.05, 0.1) is 43.3 Å². The molecule has 3 aromatic rings. The molecule has 0 aromatic heterocycles. The minimum absolute atomic E-state index is 0.0173. The number of nitrogens with zero attached hydrogens (tertiary/aromatic N) is 5. The lowest BCUT2D eigenvalue weighted by Gasteiger charge is -2.59. The number of likely N-dealkylation sites (tertiary alicyclic amines) is 1. The highest BCUT2D eigenvalue weighted by molar-refractivity contribution is 6.18. The van der Waals surface area contributed by atoms with E-state index in [-0.39, 0.29) is 24.3 Å². The van der Waals surface area contributed by atoms with Gasteiger partial charge >= 0.3 is 0 Å². The van der Waals surface area contributed by atoms with Crippen LogP contribution in [0.3, 0.4) is 0 Å². The van der Waals surface area contributed by atoms with Crippen molar-refractivity contribution in [2.24, 2.45) is 22.2 Å². The number of nitrogens with one attached hydrogen (secondary N) is 2. The molecular formula is C55H69N7O7. The summed E-state index contributed by atoms with van der Waals surface area (Å²) in [6.07, 6.45) is 20.7. The Kier molecular flexibility index (Phi) is 15.6. The summed E-state index contributed by atoms with van der Waals surface area (Å²) in [7, 11) is 1.62. The van der Waals surface area contributed by atoms with Crippen LogP contribution in [0.1, 0.15) is 69.4 Å². The molecule has 2 saturated carbocycles. The molecule has 6 aliphatic rings. The number of fused-ring (bicyclic) bond motifs is 1. The summed E-state index contributed by atoms with van der Waals surface area (Å²) in [5.41, 5.74) is 7.88. The Bertz CT molecular complexity index is 2410. The van der Waals surface area contributed by atoms with Crippen LogP contribution in [0.4, 0.5) is 11.4 Å². The minimum Gasteiger partial charge on any atom is -0.495 e. The summed E-state index contributed by atoms with van der Waals surface area (Å²) < 4.78 is 17.3. The predicted octanol–water partition coefficient (Wildman–Crippen LogP) is 7.50. The lowest BCUT2D eigenvalue weighted by Crippen LogP contribution is -2.66. The monoisotopic (exact) mass is 940 g/mol. The Balaban J connectivity index is 0.644. The van der Waals surface area contributed by atoms with Crippen molar-refractivity contribution in [1.29, 1.82) is 0 Å². The van der Waals surface area contributed by atoms with E-state index in [0.29, 0.717) is 92.3 Å². The van der Waals surface area contributed by atoms with E-state index in [9.17, 15) is 14.4 Å². The van der Waals surface area contributed by atoms with Crippen LogP contribution in [-0.2, 0) is 25.8 Å². The lowest BCUT2D eigenvalue weighted by atomic mass is 9.68. The minimum atomic E-state index is -0.424. The summed E-state index contributed by atoms with van der Waals surface area (Å²) in [5, 5.41) is 3.01. The number of hydrogen-bond acceptors (Lipinski definition) is 11. The SMILES string of the molecule is CCOc1ccccc1N1C(=O)C2C=CC=CC2=NC1CN1CCN(C(=O)COc2ccc(CONCCCCCN3C4CCCC45CC(/C=C\C(=O)Nc4cc(C)ccc4OC)CC35)cc2)CC1. The molecule has 0 bridgehead atoms. The molecule has 2 N–H and O–H groups in total. The van der Waals surface area contributed by atoms with Crippen LogP contribution in [0.15, 0.2) is 108 Å². The average Bonchev–Trinajstić information content (AvgIpc) is 3.89. The highest BCUT2D eigenvalue weighted by Gasteiger charge is 2.65. The number of amides is 3. The van der Waals surface area contributed by atoms with Gasteiger partial charge in [-0.3, -0.25) is 38.9 Å². The standard InChI is InChI=1S/C55H69N7O7/c1-4-67-48-16-9-8-15-46(48)62-51(57-44-14-7-6-13-43(44)54(62)65)36-59-29-31-60(32-30-59)53(64)38-68-42-22-19-40(20-23-42)37-69-56-27-10-5-11-28-61-49-17-12-26-55(49)35-41(34-50(55)61)21-25-52(63)58-45-33-39(2)18-24-47(45)66-3/h6-9,13-16,18-25,33,41,43,49-51,56H,4-5,10-12,17,26-32,34-38H2,1-3H3,(H,58,63)/b25-21-. The van der Waals surface area contributed by atoms with Gasteiger partial charge in [0.15, 0.2) is 6.61 Å². The molecule has 3 aliphatic heterocycles. The van der Waals surface area contributed by atoms with Crippen molar-refractivity contribution < 1.29 is 33.4 Å². The first-order valence-electron chi connectivity index (χ1n) is 25.2. The normalized spacial score (nSPS) is 25.2. The number of unbranched alkanes of at least 4 members (excludes halogenated alkanes) is 2. The number of hydrogen-bond donors (Lipinski definition) is 2. The largest absolute Gasteiger partial charge is 0.495 e. The van der Waals surface area contributed by atoms with Gasteiger partial charge in [-0.1, -0.05) is 67.5 Å². The van der Waals surface area contributed by atoms with Crippen LogP contribution in [0.5, 0.6) is 17.2 Å². The van der Waals surface area contributed by atoms with E-state index in [1.54, 1.807) is 18.1 Å². The molecule has 14 heteroatoms. The fraction of sp³-hybridized carbons (Fsp3) is 0.491. The zero-order chi connectivity index (χ0) is 47.7. The van der Waals surface area contributed by atoms with Crippen molar-refractivity contribution in [2.45, 2.75) is 90.1 Å². The number of carbonyl (C=O) groups excluding carboxylic acids is 3. The number of piperazine rings is 1. The third-order valence-electron chi connectivity index (χ3n) is 15.0. The maximum absolute atomic E-state index is 14.0. The Hall–Kier alpha value is -5.80. The fourth-order valence-corrected chi connectivity index (χ4v) is 11.7. The third-order valence-corrected chi connectivity index (χ3v) is 15.0. The van der Waals surface area contributed by atoms with Crippen molar-refractivity contribution >= 4 is 34.8 Å². The van der Waals surface area contributed by atoms with Crippen molar-refractivity contribution in [3.8, 4) is 17.2 Å². The van der Waals surface area contributed by atoms with Crippen molar-refractivity contribution in [2.75, 3.05) is 76.4 Å². The summed E-state index contributed by atoms with van der Waals surface area (Å²) in [4.78, 5) is 59.6. The fourth-order valence-electron chi connectivity index (χ4n) is 11.7. The Morgan fingerprint density at radius 2 is 1.78 bits per heavy atom. The lowest BCUT2D eigenvalue weighted by molar-refractivity contribution is -0.135. The van der Waals surface area contributed by atoms with E-state index in [2.05, 4.69) is 26.7 Å². The molecule has 1 spiro atoms. The smallest absolute Gasteiger partial charge is 0.260 e. The van der Waals surface area contributed by atoms with E-state index in [4.69, 9.17) is 24.0 Å². The van der Waals surface area contributed by atoms with Gasteiger partial charge in [0.2, 0.25) is 11.8 Å². The zero-order valence-electron chi connectivity index (χ0n) is 40.5. The average molecular weight is 940 g/mol. The number of allylic oxidation sites excluding steroid dienone is 4. The van der Waals surface area contributed by atoms with Crippen LogP contribution in [-0.4, -0.2) is 123 Å². The molecule has 2 saturated heterocycles. The molecule has 3 amide bonds. The number of methoxy groups -OCH3 is 1. The molecule has 6 atom stereocenters. The van der Waals surface area contributed by atoms with Crippen molar-refractivity contribution in [3.05, 3.63) is 114 Å². The van der Waals surface area contributed by atoms with E-state index in [1.807, 2.05) is 110 Å². The molecule has 4 fully saturated rings. The van der Waals surface area contributed by atoms with Gasteiger partial charge in [-0.15, -0.1) is 0 Å². The number of hydroxylamine groups is 1. The van der Waals surface area contributed by atoms with Gasteiger partial charge < -0.3 is 24.4 Å². The first-order chi connectivity index (χ1) is 33.7. The van der Waals surface area contributed by atoms with E-state index < -0.39 is 12.1 Å². The van der Waals surface area contributed by atoms with Crippen LogP contribution in [0.25, 0.3) is 0 Å². The molecule has 0 radical (unpaired) electrons. The van der Waals surface area contributed by atoms with Crippen LogP contribution < -0.4 is 29.9 Å². The third kappa shape index (κ3) is 11.0. The highest BCUT2D eigenvalue weighted by Crippen LogP contribution is 2.64. The number of ether oxygens (including phenoxy) is 3. The Morgan fingerprint density at radius 3 is 2.61 bits per heavy atom. The van der Waals surface area contributed by atoms with Crippen LogP contribution in [0, 0.1) is 24.2 Å². The summed E-state index contributed by atoms with van der Waals surface area (Å²) in [6, 6.07) is 22.5. The number of aryl methyl sites for hydroxylation is 1. The topological polar surface area (TPSA) is 138 Å². The van der Waals surface area contributed by atoms with Gasteiger partial charge in [0.1, 0.15) is 23.4 Å². The van der Waals surface area contributed by atoms with E-state index in [0.717, 1.165) is 54.9 Å². The van der Waals surface area contributed by atoms with Gasteiger partial charge in [-0.2, -0.15) is 0 Å². The number of anilines is 2. The Labute approximate surface area is 407 Å². The first-order valence-corrected chi connectivity index (χ1v) is 25.2. The van der Waals surface area contributed by atoms with E-state index in [1.165, 1.54) is 32.1 Å². The summed E-state index contributed by atoms with van der Waals surface area (Å²) in [5.74, 6) is 1.82. The molecule has 3 heterocycles. The quantitative estimate of drug-likeness (QED) is 0.0628. The maximum Gasteiger partial charge on any atom is 0.260 e.